The lowest BCUT2D eigenvalue weighted by Crippen LogP contribution is -2.44. The van der Waals surface area contributed by atoms with Crippen molar-refractivity contribution in [2.75, 3.05) is 40.8 Å². The van der Waals surface area contributed by atoms with Crippen LogP contribution in [0.2, 0.25) is 0 Å². The van der Waals surface area contributed by atoms with Gasteiger partial charge in [0.2, 0.25) is 0 Å². The molecule has 3 heteroatoms. The lowest BCUT2D eigenvalue weighted by molar-refractivity contribution is 0.0899. The molecule has 3 atom stereocenters. The number of hydrogen-bond donors (Lipinski definition) is 0. The van der Waals surface area contributed by atoms with E-state index in [0.29, 0.717) is 17.9 Å². The number of benzene rings is 2. The summed E-state index contributed by atoms with van der Waals surface area (Å²) in [7, 11) is 6.14. The van der Waals surface area contributed by atoms with Crippen LogP contribution in [0.25, 0.3) is 0 Å². The van der Waals surface area contributed by atoms with Crippen LogP contribution in [-0.2, 0) is 0 Å². The summed E-state index contributed by atoms with van der Waals surface area (Å²) in [6.07, 6.45) is 2.36. The minimum atomic E-state index is 0.516. The molecule has 0 spiro atoms. The molecule has 27 heavy (non-hydrogen) atoms. The molecule has 3 nitrogen and oxygen atoms in total. The molecule has 1 heterocycles. The third-order valence-corrected chi connectivity index (χ3v) is 5.90. The van der Waals surface area contributed by atoms with Gasteiger partial charge < -0.3 is 9.64 Å². The number of hydrogen-bond acceptors (Lipinski definition) is 3. The van der Waals surface area contributed by atoms with Crippen LogP contribution in [0, 0.1) is 5.92 Å². The molecule has 1 aliphatic heterocycles. The van der Waals surface area contributed by atoms with Gasteiger partial charge in [-0.05, 0) is 68.6 Å². The lowest BCUT2D eigenvalue weighted by Gasteiger charge is -2.43. The van der Waals surface area contributed by atoms with Gasteiger partial charge in [0.05, 0.1) is 7.11 Å². The molecule has 0 amide bonds. The van der Waals surface area contributed by atoms with Gasteiger partial charge in [-0.25, -0.2) is 0 Å². The first-order valence-electron chi connectivity index (χ1n) is 10.2. The van der Waals surface area contributed by atoms with Crippen molar-refractivity contribution < 1.29 is 4.74 Å². The van der Waals surface area contributed by atoms with Crippen LogP contribution in [-0.4, -0.2) is 50.6 Å². The summed E-state index contributed by atoms with van der Waals surface area (Å²) in [5.74, 6) is 2.18. The Labute approximate surface area is 164 Å². The number of rotatable bonds is 7. The quantitative estimate of drug-likeness (QED) is 0.699. The van der Waals surface area contributed by atoms with E-state index in [1.807, 2.05) is 6.07 Å². The van der Waals surface area contributed by atoms with E-state index in [-0.39, 0.29) is 0 Å². The second-order valence-electron chi connectivity index (χ2n) is 8.02. The van der Waals surface area contributed by atoms with Crippen LogP contribution in [0.5, 0.6) is 5.75 Å². The van der Waals surface area contributed by atoms with Crippen molar-refractivity contribution in [1.82, 2.24) is 9.80 Å². The van der Waals surface area contributed by atoms with E-state index in [0.717, 1.165) is 31.8 Å². The smallest absolute Gasteiger partial charge is 0.119 e. The molecule has 0 aliphatic carbocycles. The van der Waals surface area contributed by atoms with E-state index in [1.165, 1.54) is 17.5 Å². The van der Waals surface area contributed by atoms with Crippen LogP contribution in [0.4, 0.5) is 0 Å². The summed E-state index contributed by atoms with van der Waals surface area (Å²) in [6, 6.07) is 20.2. The van der Waals surface area contributed by atoms with Crippen LogP contribution in [0.15, 0.2) is 54.6 Å². The van der Waals surface area contributed by atoms with Gasteiger partial charge >= 0.3 is 0 Å². The van der Waals surface area contributed by atoms with Crippen molar-refractivity contribution in [3.8, 4) is 5.75 Å². The highest BCUT2D eigenvalue weighted by atomic mass is 16.5. The Balaban J connectivity index is 1.81. The molecule has 0 saturated carbocycles. The summed E-state index contributed by atoms with van der Waals surface area (Å²) in [5.41, 5.74) is 2.87. The molecule has 1 saturated heterocycles. The molecule has 1 fully saturated rings. The average molecular weight is 367 g/mol. The minimum Gasteiger partial charge on any atom is -0.497 e. The summed E-state index contributed by atoms with van der Waals surface area (Å²) < 4.78 is 5.48. The van der Waals surface area contributed by atoms with E-state index in [2.05, 4.69) is 79.3 Å². The maximum absolute atomic E-state index is 5.48. The SMILES string of the molecule is CCC(c1ccccc1)N1CCC(c2cccc(OC)c2)C(CN(C)C)C1. The molecule has 0 aromatic heterocycles. The Morgan fingerprint density at radius 2 is 1.89 bits per heavy atom. The standard InChI is InChI=1S/C24H34N2O/c1-5-24(19-10-7-6-8-11-19)26-15-14-23(21(18-26)17-25(2)3)20-12-9-13-22(16-20)27-4/h6-13,16,21,23-24H,5,14-15,17-18H2,1-4H3. The molecule has 2 aromatic carbocycles. The van der Waals surface area contributed by atoms with E-state index >= 15 is 0 Å². The highest BCUT2D eigenvalue weighted by molar-refractivity contribution is 5.32. The molecule has 2 aromatic rings. The third kappa shape index (κ3) is 4.91. The van der Waals surface area contributed by atoms with E-state index in [9.17, 15) is 0 Å². The number of nitrogens with zero attached hydrogens (tertiary/aromatic N) is 2. The molecule has 3 rings (SSSR count). The van der Waals surface area contributed by atoms with Gasteiger partial charge in [-0.15, -0.1) is 0 Å². The minimum absolute atomic E-state index is 0.516. The van der Waals surface area contributed by atoms with Crippen LogP contribution in [0.1, 0.15) is 42.9 Å². The molecule has 146 valence electrons. The third-order valence-electron chi connectivity index (χ3n) is 5.90. The largest absolute Gasteiger partial charge is 0.497 e. The van der Waals surface area contributed by atoms with Crippen LogP contribution >= 0.6 is 0 Å². The first-order chi connectivity index (χ1) is 13.1. The van der Waals surface area contributed by atoms with Gasteiger partial charge in [-0.3, -0.25) is 4.90 Å². The lowest BCUT2D eigenvalue weighted by atomic mass is 9.79. The van der Waals surface area contributed by atoms with E-state index in [4.69, 9.17) is 4.74 Å². The van der Waals surface area contributed by atoms with Gasteiger partial charge in [-0.2, -0.15) is 0 Å². The fourth-order valence-electron chi connectivity index (χ4n) is 4.69. The van der Waals surface area contributed by atoms with Crippen molar-refractivity contribution in [2.45, 2.75) is 31.7 Å². The van der Waals surface area contributed by atoms with Crippen molar-refractivity contribution in [3.63, 3.8) is 0 Å². The highest BCUT2D eigenvalue weighted by Crippen LogP contribution is 2.38. The summed E-state index contributed by atoms with van der Waals surface area (Å²) in [4.78, 5) is 5.05. The topological polar surface area (TPSA) is 15.7 Å². The molecular formula is C24H34N2O. The van der Waals surface area contributed by atoms with Crippen molar-refractivity contribution in [3.05, 3.63) is 65.7 Å². The number of likely N-dealkylation sites (tertiary alicyclic amines) is 1. The Morgan fingerprint density at radius 1 is 1.11 bits per heavy atom. The Bertz CT molecular complexity index is 701. The fraction of sp³-hybridized carbons (Fsp3) is 0.500. The molecule has 1 aliphatic rings. The number of piperidine rings is 1. The molecular weight excluding hydrogens is 332 g/mol. The van der Waals surface area contributed by atoms with E-state index < -0.39 is 0 Å². The second kappa shape index (κ2) is 9.38. The number of ether oxygens (including phenoxy) is 1. The maximum Gasteiger partial charge on any atom is 0.119 e. The average Bonchev–Trinajstić information content (AvgIpc) is 2.69. The van der Waals surface area contributed by atoms with Crippen molar-refractivity contribution in [1.29, 1.82) is 0 Å². The van der Waals surface area contributed by atoms with Crippen LogP contribution < -0.4 is 4.74 Å². The normalized spacial score (nSPS) is 22.0. The fourth-order valence-corrected chi connectivity index (χ4v) is 4.69. The zero-order valence-electron chi connectivity index (χ0n) is 17.3. The number of methoxy groups -OCH3 is 1. The van der Waals surface area contributed by atoms with Gasteiger partial charge in [-0.1, -0.05) is 49.4 Å². The van der Waals surface area contributed by atoms with E-state index in [1.54, 1.807) is 7.11 Å². The monoisotopic (exact) mass is 366 g/mol. The molecule has 0 radical (unpaired) electrons. The summed E-state index contributed by atoms with van der Waals surface area (Å²) >= 11 is 0. The summed E-state index contributed by atoms with van der Waals surface area (Å²) in [5, 5.41) is 0. The zero-order chi connectivity index (χ0) is 19.2. The van der Waals surface area contributed by atoms with Crippen molar-refractivity contribution in [2.24, 2.45) is 5.92 Å². The van der Waals surface area contributed by atoms with Crippen molar-refractivity contribution >= 4 is 0 Å². The van der Waals surface area contributed by atoms with Crippen LogP contribution in [0.3, 0.4) is 0 Å². The molecule has 0 N–H and O–H groups in total. The predicted octanol–water partition coefficient (Wildman–Crippen LogP) is 4.81. The van der Waals surface area contributed by atoms with Gasteiger partial charge in [0.25, 0.3) is 0 Å². The first-order valence-corrected chi connectivity index (χ1v) is 10.2. The highest BCUT2D eigenvalue weighted by Gasteiger charge is 2.33. The van der Waals surface area contributed by atoms with Gasteiger partial charge in [0.15, 0.2) is 0 Å². The first kappa shape index (κ1) is 19.9. The summed E-state index contributed by atoms with van der Waals surface area (Å²) in [6.45, 7) is 5.73. The molecule has 0 bridgehead atoms. The maximum atomic E-state index is 5.48. The Morgan fingerprint density at radius 3 is 2.56 bits per heavy atom. The second-order valence-corrected chi connectivity index (χ2v) is 8.02. The Kier molecular flexibility index (Phi) is 6.92. The Hall–Kier alpha value is -1.84. The van der Waals surface area contributed by atoms with Gasteiger partial charge in [0.1, 0.15) is 5.75 Å². The zero-order valence-corrected chi connectivity index (χ0v) is 17.3. The van der Waals surface area contributed by atoms with Gasteiger partial charge in [0, 0.05) is 19.1 Å². The predicted molar refractivity (Wildman–Crippen MR) is 113 cm³/mol. The molecule has 3 unspecified atom stereocenters.